The molecule has 0 atom stereocenters. The number of fused-ring (bicyclic) bond motifs is 1. The van der Waals surface area contributed by atoms with Crippen molar-refractivity contribution in [2.45, 2.75) is 0 Å². The Kier molecular flexibility index (Phi) is 0.803. The SMILES string of the molecule is [c]1c[c]c2[nH]cnc2c1. The first-order valence-electron chi connectivity index (χ1n) is 2.68. The smallest absolute Gasteiger partial charge is 0.0932 e. The molecule has 0 spiro atoms. The van der Waals surface area contributed by atoms with Gasteiger partial charge < -0.3 is 4.98 Å². The molecular formula is C7H4N2. The second-order valence-electron chi connectivity index (χ2n) is 1.76. The van der Waals surface area contributed by atoms with Crippen LogP contribution in [0.3, 0.4) is 0 Å². The predicted octanol–water partition coefficient (Wildman–Crippen LogP) is 1.16. The highest BCUT2D eigenvalue weighted by atomic mass is 14.9. The fourth-order valence-electron chi connectivity index (χ4n) is 0.764. The maximum atomic E-state index is 4.00. The summed E-state index contributed by atoms with van der Waals surface area (Å²) in [6.45, 7) is 0. The van der Waals surface area contributed by atoms with Crippen LogP contribution < -0.4 is 0 Å². The third kappa shape index (κ3) is 0.598. The lowest BCUT2D eigenvalue weighted by molar-refractivity contribution is 1.34. The van der Waals surface area contributed by atoms with Gasteiger partial charge in [-0.05, 0) is 18.2 Å². The maximum Gasteiger partial charge on any atom is 0.0932 e. The molecule has 0 aliphatic heterocycles. The van der Waals surface area contributed by atoms with Crippen molar-refractivity contribution in [2.75, 3.05) is 0 Å². The summed E-state index contributed by atoms with van der Waals surface area (Å²) in [5.74, 6) is 0. The van der Waals surface area contributed by atoms with Gasteiger partial charge in [0.15, 0.2) is 0 Å². The Balaban J connectivity index is 2.95. The highest BCUT2D eigenvalue weighted by Gasteiger charge is 1.89. The minimum Gasteiger partial charge on any atom is -0.344 e. The third-order valence-electron chi connectivity index (χ3n) is 1.19. The van der Waals surface area contributed by atoms with E-state index < -0.39 is 0 Å². The molecule has 1 aromatic carbocycles. The standard InChI is InChI=1S/C7H4N2/c1-2-4-7-6(3-1)8-5-9-7/h1,4-5H,(H,8,9). The van der Waals surface area contributed by atoms with Crippen LogP contribution in [0.25, 0.3) is 11.0 Å². The van der Waals surface area contributed by atoms with E-state index in [9.17, 15) is 0 Å². The molecule has 1 aromatic heterocycles. The number of nitrogens with zero attached hydrogens (tertiary/aromatic N) is 1. The van der Waals surface area contributed by atoms with Gasteiger partial charge in [0.2, 0.25) is 0 Å². The number of imidazole rings is 1. The number of benzene rings is 1. The van der Waals surface area contributed by atoms with E-state index in [1.807, 2.05) is 6.07 Å². The van der Waals surface area contributed by atoms with E-state index in [0.717, 1.165) is 11.0 Å². The lowest BCUT2D eigenvalue weighted by Crippen LogP contribution is -1.65. The Labute approximate surface area is 52.5 Å². The molecule has 0 saturated heterocycles. The predicted molar refractivity (Wildman–Crippen MR) is 33.8 cm³/mol. The summed E-state index contributed by atoms with van der Waals surface area (Å²) in [6.07, 6.45) is 1.65. The topological polar surface area (TPSA) is 28.7 Å². The lowest BCUT2D eigenvalue weighted by atomic mass is 10.3. The molecule has 0 fully saturated rings. The zero-order valence-electron chi connectivity index (χ0n) is 4.68. The molecule has 2 rings (SSSR count). The van der Waals surface area contributed by atoms with Gasteiger partial charge in [0.25, 0.3) is 0 Å². The summed E-state index contributed by atoms with van der Waals surface area (Å²) in [5.41, 5.74) is 1.85. The second-order valence-corrected chi connectivity index (χ2v) is 1.76. The summed E-state index contributed by atoms with van der Waals surface area (Å²) in [5, 5.41) is 0. The number of rotatable bonds is 0. The van der Waals surface area contributed by atoms with E-state index in [2.05, 4.69) is 22.1 Å². The minimum absolute atomic E-state index is 0.914. The number of aromatic nitrogens is 2. The van der Waals surface area contributed by atoms with Crippen molar-refractivity contribution in [3.63, 3.8) is 0 Å². The van der Waals surface area contributed by atoms with Crippen LogP contribution in [0.2, 0.25) is 0 Å². The van der Waals surface area contributed by atoms with Crippen LogP contribution in [0.15, 0.2) is 18.5 Å². The molecule has 0 saturated carbocycles. The maximum absolute atomic E-state index is 4.00. The number of hydrogen-bond acceptors (Lipinski definition) is 1. The van der Waals surface area contributed by atoms with Crippen LogP contribution >= 0.6 is 0 Å². The van der Waals surface area contributed by atoms with Gasteiger partial charge in [-0.1, -0.05) is 0 Å². The molecule has 0 bridgehead atoms. The van der Waals surface area contributed by atoms with Gasteiger partial charge in [0.1, 0.15) is 0 Å². The first-order chi connectivity index (χ1) is 4.47. The summed E-state index contributed by atoms with van der Waals surface area (Å²) in [6, 6.07) is 9.40. The van der Waals surface area contributed by atoms with Crippen LogP contribution in [0.4, 0.5) is 0 Å². The second kappa shape index (κ2) is 1.58. The molecule has 2 radical (unpaired) electrons. The fourth-order valence-corrected chi connectivity index (χ4v) is 0.764. The van der Waals surface area contributed by atoms with Crippen molar-refractivity contribution in [2.24, 2.45) is 0 Å². The molecule has 2 nitrogen and oxygen atoms in total. The van der Waals surface area contributed by atoms with Gasteiger partial charge in [-0.3, -0.25) is 0 Å². The molecule has 0 unspecified atom stereocenters. The molecular weight excluding hydrogens is 112 g/mol. The molecule has 1 N–H and O–H groups in total. The normalized spacial score (nSPS) is 10.2. The van der Waals surface area contributed by atoms with Crippen molar-refractivity contribution < 1.29 is 0 Å². The van der Waals surface area contributed by atoms with Crippen molar-refractivity contribution in [3.05, 3.63) is 30.6 Å². The summed E-state index contributed by atoms with van der Waals surface area (Å²) >= 11 is 0. The van der Waals surface area contributed by atoms with Gasteiger partial charge in [0.05, 0.1) is 17.4 Å². The highest BCUT2D eigenvalue weighted by molar-refractivity contribution is 5.72. The van der Waals surface area contributed by atoms with Crippen LogP contribution in [-0.2, 0) is 0 Å². The quantitative estimate of drug-likeness (QED) is 0.549. The molecule has 0 aliphatic rings. The number of H-pyrrole nitrogens is 1. The Morgan fingerprint density at radius 3 is 3.44 bits per heavy atom. The van der Waals surface area contributed by atoms with E-state index in [0.29, 0.717) is 0 Å². The van der Waals surface area contributed by atoms with Gasteiger partial charge in [-0.2, -0.15) is 0 Å². The molecule has 1 heterocycles. The average Bonchev–Trinajstić information content (AvgIpc) is 2.33. The van der Waals surface area contributed by atoms with Gasteiger partial charge in [0, 0.05) is 6.07 Å². The van der Waals surface area contributed by atoms with Gasteiger partial charge in [-0.15, -0.1) is 0 Å². The molecule has 2 heteroatoms. The third-order valence-corrected chi connectivity index (χ3v) is 1.19. The van der Waals surface area contributed by atoms with E-state index in [1.165, 1.54) is 0 Å². The van der Waals surface area contributed by atoms with Gasteiger partial charge in [-0.25, -0.2) is 4.98 Å². The van der Waals surface area contributed by atoms with E-state index in [4.69, 9.17) is 0 Å². The molecule has 0 amide bonds. The monoisotopic (exact) mass is 116 g/mol. The van der Waals surface area contributed by atoms with E-state index in [-0.39, 0.29) is 0 Å². The first kappa shape index (κ1) is 4.56. The minimum atomic E-state index is 0.914. The number of nitrogens with one attached hydrogen (secondary N) is 1. The molecule has 42 valence electrons. The Morgan fingerprint density at radius 2 is 2.56 bits per heavy atom. The van der Waals surface area contributed by atoms with Crippen molar-refractivity contribution in [3.8, 4) is 0 Å². The van der Waals surface area contributed by atoms with Crippen LogP contribution in [0.5, 0.6) is 0 Å². The van der Waals surface area contributed by atoms with Crippen molar-refractivity contribution in [1.29, 1.82) is 0 Å². The lowest BCUT2D eigenvalue weighted by Gasteiger charge is -1.79. The Morgan fingerprint density at radius 1 is 1.56 bits per heavy atom. The number of hydrogen-bond donors (Lipinski definition) is 1. The van der Waals surface area contributed by atoms with E-state index in [1.54, 1.807) is 12.4 Å². The molecule has 9 heavy (non-hydrogen) atoms. The summed E-state index contributed by atoms with van der Waals surface area (Å²) in [4.78, 5) is 6.93. The zero-order valence-corrected chi connectivity index (χ0v) is 4.68. The average molecular weight is 116 g/mol. The van der Waals surface area contributed by atoms with Crippen LogP contribution in [-0.4, -0.2) is 9.97 Å². The first-order valence-corrected chi connectivity index (χ1v) is 2.68. The van der Waals surface area contributed by atoms with Crippen molar-refractivity contribution >= 4 is 11.0 Å². The molecule has 0 aliphatic carbocycles. The largest absolute Gasteiger partial charge is 0.344 e. The highest BCUT2D eigenvalue weighted by Crippen LogP contribution is 2.04. The van der Waals surface area contributed by atoms with Crippen LogP contribution in [0.1, 0.15) is 0 Å². The Bertz CT molecular complexity index is 281. The molecule has 2 aromatic rings. The number of aromatic amines is 1. The fraction of sp³-hybridized carbons (Fsp3) is 0. The van der Waals surface area contributed by atoms with Gasteiger partial charge >= 0.3 is 0 Å². The van der Waals surface area contributed by atoms with E-state index >= 15 is 0 Å². The summed E-state index contributed by atoms with van der Waals surface area (Å²) < 4.78 is 0. The summed E-state index contributed by atoms with van der Waals surface area (Å²) in [7, 11) is 0. The van der Waals surface area contributed by atoms with Crippen LogP contribution in [0, 0.1) is 12.1 Å². The zero-order chi connectivity index (χ0) is 6.10. The van der Waals surface area contributed by atoms with Crippen molar-refractivity contribution in [1.82, 2.24) is 9.97 Å². The Hall–Kier alpha value is -1.31.